The highest BCUT2D eigenvalue weighted by molar-refractivity contribution is 5.83. The third-order valence-corrected chi connectivity index (χ3v) is 4.56. The first-order chi connectivity index (χ1) is 10.3. The third kappa shape index (κ3) is 2.24. The highest BCUT2D eigenvalue weighted by atomic mass is 16.2. The number of aromatic nitrogens is 1. The summed E-state index contributed by atoms with van der Waals surface area (Å²) in [6.07, 6.45) is 2.32. The molecule has 2 aliphatic heterocycles. The van der Waals surface area contributed by atoms with Gasteiger partial charge in [-0.1, -0.05) is 18.2 Å². The van der Waals surface area contributed by atoms with E-state index >= 15 is 0 Å². The van der Waals surface area contributed by atoms with Gasteiger partial charge in [0.1, 0.15) is 5.82 Å². The van der Waals surface area contributed by atoms with Crippen LogP contribution in [0.2, 0.25) is 0 Å². The summed E-state index contributed by atoms with van der Waals surface area (Å²) in [6, 6.07) is 12.3. The number of benzene rings is 1. The van der Waals surface area contributed by atoms with Gasteiger partial charge in [-0.2, -0.15) is 0 Å². The molecule has 1 amide bonds. The maximum absolute atomic E-state index is 12.3. The van der Waals surface area contributed by atoms with E-state index < -0.39 is 0 Å². The smallest absolute Gasteiger partial charge is 0.229 e. The van der Waals surface area contributed by atoms with Gasteiger partial charge in [0.15, 0.2) is 0 Å². The molecule has 0 aliphatic carbocycles. The number of amides is 1. The molecule has 108 valence electrons. The molecule has 4 rings (SSSR count). The summed E-state index contributed by atoms with van der Waals surface area (Å²) < 4.78 is 0. The fourth-order valence-electron chi connectivity index (χ4n) is 3.25. The predicted octanol–water partition coefficient (Wildman–Crippen LogP) is 2.29. The molecule has 0 saturated carbocycles. The Morgan fingerprint density at radius 3 is 2.62 bits per heavy atom. The third-order valence-electron chi connectivity index (χ3n) is 4.56. The number of carbonyl (C=O) groups is 1. The van der Waals surface area contributed by atoms with Crippen molar-refractivity contribution in [3.05, 3.63) is 36.4 Å². The van der Waals surface area contributed by atoms with Crippen LogP contribution in [0.4, 0.5) is 5.82 Å². The van der Waals surface area contributed by atoms with Crippen molar-refractivity contribution in [1.29, 1.82) is 0 Å². The van der Waals surface area contributed by atoms with Crippen LogP contribution < -0.4 is 4.90 Å². The molecule has 0 atom stereocenters. The minimum atomic E-state index is 0.163. The molecule has 4 nitrogen and oxygen atoms in total. The average Bonchev–Trinajstić information content (AvgIpc) is 2.99. The number of anilines is 1. The molecule has 2 aromatic rings. The number of carbonyl (C=O) groups excluding carboxylic acids is 1. The molecule has 21 heavy (non-hydrogen) atoms. The molecular weight excluding hydrogens is 262 g/mol. The first-order valence-corrected chi connectivity index (χ1v) is 7.71. The van der Waals surface area contributed by atoms with Crippen molar-refractivity contribution in [2.75, 3.05) is 31.1 Å². The van der Waals surface area contributed by atoms with Crippen molar-refractivity contribution in [3.63, 3.8) is 0 Å². The molecule has 2 fully saturated rings. The second-order valence-electron chi connectivity index (χ2n) is 6.00. The molecule has 4 heteroatoms. The van der Waals surface area contributed by atoms with Crippen molar-refractivity contribution >= 4 is 22.6 Å². The van der Waals surface area contributed by atoms with Crippen molar-refractivity contribution in [2.45, 2.75) is 12.8 Å². The first kappa shape index (κ1) is 12.6. The number of hydrogen-bond acceptors (Lipinski definition) is 3. The van der Waals surface area contributed by atoms with E-state index in [2.05, 4.69) is 28.1 Å². The van der Waals surface area contributed by atoms with Crippen LogP contribution in [0.1, 0.15) is 12.8 Å². The van der Waals surface area contributed by atoms with Crippen molar-refractivity contribution in [1.82, 2.24) is 9.88 Å². The van der Waals surface area contributed by atoms with Gasteiger partial charge in [-0.15, -0.1) is 0 Å². The summed E-state index contributed by atoms with van der Waals surface area (Å²) >= 11 is 0. The summed E-state index contributed by atoms with van der Waals surface area (Å²) in [5.41, 5.74) is 1.02. The first-order valence-electron chi connectivity index (χ1n) is 7.71. The Morgan fingerprint density at radius 1 is 1.05 bits per heavy atom. The lowest BCUT2D eigenvalue weighted by Gasteiger charge is -2.40. The molecule has 0 N–H and O–H groups in total. The Hall–Kier alpha value is -2.10. The standard InChI is InChI=1S/C17H19N3O/c21-17(19-9-3-4-10-19)14-11-20(12-14)16-8-7-13-5-1-2-6-15(13)18-16/h1-2,5-8,14H,3-4,9-12H2. The molecule has 2 aliphatic rings. The van der Waals surface area contributed by atoms with E-state index in [-0.39, 0.29) is 5.92 Å². The van der Waals surface area contributed by atoms with Gasteiger partial charge in [-0.05, 0) is 31.0 Å². The molecule has 1 aromatic heterocycles. The van der Waals surface area contributed by atoms with Crippen LogP contribution in [0.5, 0.6) is 0 Å². The topological polar surface area (TPSA) is 36.4 Å². The minimum absolute atomic E-state index is 0.163. The van der Waals surface area contributed by atoms with Gasteiger partial charge in [-0.25, -0.2) is 4.98 Å². The largest absolute Gasteiger partial charge is 0.355 e. The van der Waals surface area contributed by atoms with E-state index in [1.54, 1.807) is 0 Å². The number of nitrogens with zero attached hydrogens (tertiary/aromatic N) is 3. The zero-order chi connectivity index (χ0) is 14.2. The summed E-state index contributed by atoms with van der Waals surface area (Å²) in [5, 5.41) is 1.16. The van der Waals surface area contributed by atoms with Gasteiger partial charge in [0.2, 0.25) is 5.91 Å². The van der Waals surface area contributed by atoms with Gasteiger partial charge in [-0.3, -0.25) is 4.79 Å². The number of rotatable bonds is 2. The molecule has 2 saturated heterocycles. The van der Waals surface area contributed by atoms with E-state index in [0.717, 1.165) is 55.7 Å². The highest BCUT2D eigenvalue weighted by Crippen LogP contribution is 2.27. The van der Waals surface area contributed by atoms with Crippen LogP contribution in [0.3, 0.4) is 0 Å². The zero-order valence-electron chi connectivity index (χ0n) is 12.0. The predicted molar refractivity (Wildman–Crippen MR) is 83.3 cm³/mol. The van der Waals surface area contributed by atoms with Crippen LogP contribution >= 0.6 is 0 Å². The van der Waals surface area contributed by atoms with E-state index in [1.807, 2.05) is 23.1 Å². The molecule has 0 radical (unpaired) electrons. The van der Waals surface area contributed by atoms with Crippen molar-refractivity contribution in [2.24, 2.45) is 5.92 Å². The molecule has 0 spiro atoms. The molecular formula is C17H19N3O. The Kier molecular flexibility index (Phi) is 3.02. The summed E-state index contributed by atoms with van der Waals surface area (Å²) in [7, 11) is 0. The van der Waals surface area contributed by atoms with Crippen LogP contribution in [0.25, 0.3) is 10.9 Å². The monoisotopic (exact) mass is 281 g/mol. The van der Waals surface area contributed by atoms with Crippen LogP contribution in [0, 0.1) is 5.92 Å². The second kappa shape index (κ2) is 5.02. The number of pyridine rings is 1. The van der Waals surface area contributed by atoms with Gasteiger partial charge >= 0.3 is 0 Å². The van der Waals surface area contributed by atoms with E-state index in [4.69, 9.17) is 0 Å². The average molecular weight is 281 g/mol. The molecule has 0 unspecified atom stereocenters. The zero-order valence-corrected chi connectivity index (χ0v) is 12.0. The second-order valence-corrected chi connectivity index (χ2v) is 6.00. The fourth-order valence-corrected chi connectivity index (χ4v) is 3.25. The van der Waals surface area contributed by atoms with E-state index in [0.29, 0.717) is 5.91 Å². The normalized spacial score (nSPS) is 19.0. The lowest BCUT2D eigenvalue weighted by molar-refractivity contribution is -0.135. The Labute approximate surface area is 124 Å². The fraction of sp³-hybridized carbons (Fsp3) is 0.412. The molecule has 1 aromatic carbocycles. The number of fused-ring (bicyclic) bond motifs is 1. The van der Waals surface area contributed by atoms with Crippen LogP contribution in [-0.4, -0.2) is 42.0 Å². The Balaban J connectivity index is 1.45. The van der Waals surface area contributed by atoms with Gasteiger partial charge in [0.05, 0.1) is 11.4 Å². The van der Waals surface area contributed by atoms with Crippen LogP contribution in [0.15, 0.2) is 36.4 Å². The summed E-state index contributed by atoms with van der Waals surface area (Å²) in [4.78, 5) is 21.2. The van der Waals surface area contributed by atoms with E-state index in [1.165, 1.54) is 0 Å². The lowest BCUT2D eigenvalue weighted by Crippen LogP contribution is -2.54. The van der Waals surface area contributed by atoms with Crippen molar-refractivity contribution < 1.29 is 4.79 Å². The van der Waals surface area contributed by atoms with Gasteiger partial charge in [0.25, 0.3) is 0 Å². The van der Waals surface area contributed by atoms with Crippen molar-refractivity contribution in [3.8, 4) is 0 Å². The van der Waals surface area contributed by atoms with Crippen LogP contribution in [-0.2, 0) is 4.79 Å². The molecule has 3 heterocycles. The van der Waals surface area contributed by atoms with Gasteiger partial charge < -0.3 is 9.80 Å². The van der Waals surface area contributed by atoms with Gasteiger partial charge in [0, 0.05) is 31.6 Å². The maximum atomic E-state index is 12.3. The number of hydrogen-bond donors (Lipinski definition) is 0. The Morgan fingerprint density at radius 2 is 1.81 bits per heavy atom. The SMILES string of the molecule is O=C(C1CN(c2ccc3ccccc3n2)C1)N1CCCC1. The summed E-state index contributed by atoms with van der Waals surface area (Å²) in [6.45, 7) is 3.51. The number of likely N-dealkylation sites (tertiary alicyclic amines) is 1. The summed E-state index contributed by atoms with van der Waals surface area (Å²) in [5.74, 6) is 1.49. The molecule has 0 bridgehead atoms. The Bertz CT molecular complexity index is 673. The van der Waals surface area contributed by atoms with E-state index in [9.17, 15) is 4.79 Å². The maximum Gasteiger partial charge on any atom is 0.229 e. The lowest BCUT2D eigenvalue weighted by atomic mass is 9.98. The highest BCUT2D eigenvalue weighted by Gasteiger charge is 2.36. The minimum Gasteiger partial charge on any atom is -0.355 e. The quantitative estimate of drug-likeness (QED) is 0.847. The number of para-hydroxylation sites is 1.